The Kier molecular flexibility index (Phi) is 5.41. The second-order valence-corrected chi connectivity index (χ2v) is 6.68. The van der Waals surface area contributed by atoms with Crippen molar-refractivity contribution in [1.29, 1.82) is 0 Å². The van der Waals surface area contributed by atoms with Crippen LogP contribution in [0, 0.1) is 12.3 Å². The number of amides is 1. The van der Waals surface area contributed by atoms with Crippen LogP contribution >= 0.6 is 15.9 Å². The molecule has 0 saturated heterocycles. The summed E-state index contributed by atoms with van der Waals surface area (Å²) in [6.07, 6.45) is 0.849. The van der Waals surface area contributed by atoms with Crippen LogP contribution in [0.5, 0.6) is 5.75 Å². The molecule has 2 N–H and O–H groups in total. The van der Waals surface area contributed by atoms with E-state index >= 15 is 0 Å². The van der Waals surface area contributed by atoms with Gasteiger partial charge in [0.25, 0.3) is 5.91 Å². The minimum Gasteiger partial charge on any atom is -0.507 e. The Labute approximate surface area is 123 Å². The van der Waals surface area contributed by atoms with Crippen LogP contribution in [-0.4, -0.2) is 22.4 Å². The Bertz CT molecular complexity index is 452. The van der Waals surface area contributed by atoms with E-state index < -0.39 is 0 Å². The van der Waals surface area contributed by atoms with Gasteiger partial charge in [-0.15, -0.1) is 0 Å². The van der Waals surface area contributed by atoms with E-state index in [0.717, 1.165) is 17.3 Å². The van der Waals surface area contributed by atoms with Gasteiger partial charge < -0.3 is 10.4 Å². The van der Waals surface area contributed by atoms with E-state index in [-0.39, 0.29) is 23.1 Å². The molecule has 0 aliphatic carbocycles. The molecule has 1 unspecified atom stereocenters. The highest BCUT2D eigenvalue weighted by Gasteiger charge is 2.26. The predicted octanol–water partition coefficient (Wildman–Crippen LogP) is 3.63. The quantitative estimate of drug-likeness (QED) is 0.829. The lowest BCUT2D eigenvalue weighted by Gasteiger charge is -2.31. The van der Waals surface area contributed by atoms with Crippen LogP contribution in [-0.2, 0) is 0 Å². The van der Waals surface area contributed by atoms with Crippen molar-refractivity contribution in [3.63, 3.8) is 0 Å². The standard InChI is InChI=1S/C15H22BrNO2/c1-10-5-6-12(18)11(9-10)14(19)17-13(7-8-16)15(2,3)4/h5-6,9,13,18H,7-8H2,1-4H3,(H,17,19). The summed E-state index contributed by atoms with van der Waals surface area (Å²) in [6, 6.07) is 5.10. The lowest BCUT2D eigenvalue weighted by atomic mass is 9.85. The molecular weight excluding hydrogens is 306 g/mol. The van der Waals surface area contributed by atoms with Gasteiger partial charge >= 0.3 is 0 Å². The molecule has 4 heteroatoms. The second kappa shape index (κ2) is 6.42. The van der Waals surface area contributed by atoms with Crippen LogP contribution in [0.25, 0.3) is 0 Å². The van der Waals surface area contributed by atoms with Crippen molar-refractivity contribution in [3.05, 3.63) is 29.3 Å². The fourth-order valence-corrected chi connectivity index (χ4v) is 2.36. The van der Waals surface area contributed by atoms with Crippen molar-refractivity contribution in [2.45, 2.75) is 40.2 Å². The number of phenolic OH excluding ortho intramolecular Hbond substituents is 1. The third kappa shape index (κ3) is 4.53. The Morgan fingerprint density at radius 3 is 2.58 bits per heavy atom. The average Bonchev–Trinajstić information content (AvgIpc) is 2.30. The predicted molar refractivity (Wildman–Crippen MR) is 82.0 cm³/mol. The van der Waals surface area contributed by atoms with Crippen molar-refractivity contribution in [1.82, 2.24) is 5.32 Å². The number of hydrogen-bond donors (Lipinski definition) is 2. The summed E-state index contributed by atoms with van der Waals surface area (Å²) >= 11 is 3.41. The molecule has 19 heavy (non-hydrogen) atoms. The van der Waals surface area contributed by atoms with E-state index in [9.17, 15) is 9.90 Å². The molecule has 0 saturated carbocycles. The Balaban J connectivity index is 2.91. The van der Waals surface area contributed by atoms with Gasteiger partial charge in [0.1, 0.15) is 5.75 Å². The summed E-state index contributed by atoms with van der Waals surface area (Å²) < 4.78 is 0. The van der Waals surface area contributed by atoms with Crippen molar-refractivity contribution in [3.8, 4) is 5.75 Å². The minimum atomic E-state index is -0.220. The van der Waals surface area contributed by atoms with Crippen LogP contribution in [0.2, 0.25) is 0 Å². The number of nitrogens with one attached hydrogen (secondary N) is 1. The summed E-state index contributed by atoms with van der Waals surface area (Å²) in [7, 11) is 0. The molecule has 0 radical (unpaired) electrons. The Hall–Kier alpha value is -1.03. The average molecular weight is 328 g/mol. The van der Waals surface area contributed by atoms with Crippen molar-refractivity contribution in [2.24, 2.45) is 5.41 Å². The zero-order valence-electron chi connectivity index (χ0n) is 12.0. The van der Waals surface area contributed by atoms with E-state index in [1.54, 1.807) is 18.2 Å². The summed E-state index contributed by atoms with van der Waals surface area (Å²) in [4.78, 5) is 12.3. The van der Waals surface area contributed by atoms with Crippen LogP contribution in [0.3, 0.4) is 0 Å². The van der Waals surface area contributed by atoms with Gasteiger partial charge in [-0.3, -0.25) is 4.79 Å². The van der Waals surface area contributed by atoms with Crippen LogP contribution in [0.15, 0.2) is 18.2 Å². The third-order valence-electron chi connectivity index (χ3n) is 3.15. The Morgan fingerprint density at radius 2 is 2.05 bits per heavy atom. The van der Waals surface area contributed by atoms with Gasteiger partial charge in [-0.25, -0.2) is 0 Å². The first-order valence-corrected chi connectivity index (χ1v) is 7.54. The number of hydrogen-bond acceptors (Lipinski definition) is 2. The normalized spacial score (nSPS) is 13.1. The maximum atomic E-state index is 12.3. The molecule has 1 amide bonds. The van der Waals surface area contributed by atoms with Crippen LogP contribution in [0.4, 0.5) is 0 Å². The maximum Gasteiger partial charge on any atom is 0.255 e. The Morgan fingerprint density at radius 1 is 1.42 bits per heavy atom. The molecule has 0 aliphatic rings. The number of carbonyl (C=O) groups excluding carboxylic acids is 1. The number of phenols is 1. The first kappa shape index (κ1) is 16.0. The molecule has 0 fully saturated rings. The number of aromatic hydroxyl groups is 1. The maximum absolute atomic E-state index is 12.3. The SMILES string of the molecule is Cc1ccc(O)c(C(=O)NC(CCBr)C(C)(C)C)c1. The monoisotopic (exact) mass is 327 g/mol. The lowest BCUT2D eigenvalue weighted by molar-refractivity contribution is 0.0898. The van der Waals surface area contributed by atoms with E-state index in [1.807, 2.05) is 6.92 Å². The third-order valence-corrected chi connectivity index (χ3v) is 3.60. The van der Waals surface area contributed by atoms with Gasteiger partial charge in [0.15, 0.2) is 0 Å². The van der Waals surface area contributed by atoms with E-state index in [0.29, 0.717) is 5.56 Å². The largest absolute Gasteiger partial charge is 0.507 e. The molecule has 1 atom stereocenters. The molecule has 0 aromatic heterocycles. The van der Waals surface area contributed by atoms with Gasteiger partial charge in [0.05, 0.1) is 5.56 Å². The smallest absolute Gasteiger partial charge is 0.255 e. The molecule has 1 rings (SSSR count). The molecule has 1 aromatic rings. The lowest BCUT2D eigenvalue weighted by Crippen LogP contribution is -2.44. The fraction of sp³-hybridized carbons (Fsp3) is 0.533. The number of alkyl halides is 1. The van der Waals surface area contributed by atoms with Crippen LogP contribution in [0.1, 0.15) is 43.1 Å². The van der Waals surface area contributed by atoms with Crippen molar-refractivity contribution in [2.75, 3.05) is 5.33 Å². The number of halogens is 1. The summed E-state index contributed by atoms with van der Waals surface area (Å²) in [5, 5.41) is 13.6. The fourth-order valence-electron chi connectivity index (χ4n) is 1.90. The summed E-state index contributed by atoms with van der Waals surface area (Å²) in [5.41, 5.74) is 1.27. The molecule has 0 bridgehead atoms. The molecular formula is C15H22BrNO2. The van der Waals surface area contributed by atoms with Crippen molar-refractivity contribution >= 4 is 21.8 Å². The molecule has 0 aliphatic heterocycles. The highest BCUT2D eigenvalue weighted by Crippen LogP contribution is 2.24. The van der Waals surface area contributed by atoms with E-state index in [4.69, 9.17) is 0 Å². The molecule has 0 heterocycles. The van der Waals surface area contributed by atoms with Gasteiger partial charge in [0, 0.05) is 11.4 Å². The molecule has 0 spiro atoms. The highest BCUT2D eigenvalue weighted by atomic mass is 79.9. The van der Waals surface area contributed by atoms with E-state index in [2.05, 4.69) is 42.0 Å². The van der Waals surface area contributed by atoms with Gasteiger partial charge in [-0.2, -0.15) is 0 Å². The zero-order chi connectivity index (χ0) is 14.6. The second-order valence-electron chi connectivity index (χ2n) is 5.89. The first-order chi connectivity index (χ1) is 8.75. The van der Waals surface area contributed by atoms with E-state index in [1.165, 1.54) is 0 Å². The summed E-state index contributed by atoms with van der Waals surface area (Å²) in [6.45, 7) is 8.18. The number of benzene rings is 1. The van der Waals surface area contributed by atoms with Gasteiger partial charge in [-0.05, 0) is 30.9 Å². The molecule has 3 nitrogen and oxygen atoms in total. The summed E-state index contributed by atoms with van der Waals surface area (Å²) in [5.74, 6) is -0.198. The molecule has 1 aromatic carbocycles. The minimum absolute atomic E-state index is 0.0228. The number of rotatable bonds is 4. The zero-order valence-corrected chi connectivity index (χ0v) is 13.5. The van der Waals surface area contributed by atoms with Crippen molar-refractivity contribution < 1.29 is 9.90 Å². The topological polar surface area (TPSA) is 49.3 Å². The van der Waals surface area contributed by atoms with Crippen LogP contribution < -0.4 is 5.32 Å². The number of carbonyl (C=O) groups is 1. The van der Waals surface area contributed by atoms with Gasteiger partial charge in [0.2, 0.25) is 0 Å². The highest BCUT2D eigenvalue weighted by molar-refractivity contribution is 9.09. The van der Waals surface area contributed by atoms with Gasteiger partial charge in [-0.1, -0.05) is 48.3 Å². The number of aryl methyl sites for hydroxylation is 1. The first-order valence-electron chi connectivity index (χ1n) is 6.42. The molecule has 106 valence electrons.